The Morgan fingerprint density at radius 1 is 0.400 bits per heavy atom. The third-order valence-corrected chi connectivity index (χ3v) is 5.95. The van der Waals surface area contributed by atoms with E-state index in [4.69, 9.17) is 0 Å². The van der Waals surface area contributed by atoms with Gasteiger partial charge >= 0.3 is 0 Å². The molecule has 114 valence electrons. The molecule has 0 unspecified atom stereocenters. The first-order chi connectivity index (χ1) is 12.3. The van der Waals surface area contributed by atoms with Crippen LogP contribution in [0.15, 0.2) is 66.7 Å². The average molecular weight is 318 g/mol. The molecule has 0 nitrogen and oxygen atoms in total. The van der Waals surface area contributed by atoms with Crippen molar-refractivity contribution in [3.05, 3.63) is 72.5 Å². The van der Waals surface area contributed by atoms with E-state index in [-0.39, 0.29) is 5.82 Å². The lowest BCUT2D eigenvalue weighted by Gasteiger charge is -2.20. The van der Waals surface area contributed by atoms with E-state index in [1.165, 1.54) is 48.5 Å². The van der Waals surface area contributed by atoms with Crippen LogP contribution in [-0.2, 0) is 0 Å². The number of hydrogen-bond donors (Lipinski definition) is 0. The van der Waals surface area contributed by atoms with Crippen LogP contribution in [0.5, 0.6) is 0 Å². The van der Waals surface area contributed by atoms with Crippen molar-refractivity contribution >= 4 is 64.6 Å². The Kier molecular flexibility index (Phi) is 1.82. The molecule has 0 radical (unpaired) electrons. The molecule has 7 aromatic rings. The molecule has 0 aliphatic carbocycles. The summed E-state index contributed by atoms with van der Waals surface area (Å²) in [6.07, 6.45) is 0. The van der Waals surface area contributed by atoms with Crippen LogP contribution in [-0.4, -0.2) is 0 Å². The van der Waals surface area contributed by atoms with E-state index < -0.39 is 0 Å². The van der Waals surface area contributed by atoms with Gasteiger partial charge < -0.3 is 0 Å². The van der Waals surface area contributed by atoms with E-state index in [0.29, 0.717) is 0 Å². The normalized spacial score (nSPS) is 13.0. The summed E-state index contributed by atoms with van der Waals surface area (Å²) in [6.45, 7) is 0. The Bertz CT molecular complexity index is 1530. The van der Waals surface area contributed by atoms with Crippen LogP contribution in [0.4, 0.5) is 4.39 Å². The average Bonchev–Trinajstić information content (AvgIpc) is 2.66. The quantitative estimate of drug-likeness (QED) is 0.207. The van der Waals surface area contributed by atoms with Crippen molar-refractivity contribution < 1.29 is 4.39 Å². The first-order valence-electron chi connectivity index (χ1n) is 8.57. The summed E-state index contributed by atoms with van der Waals surface area (Å²) < 4.78 is 14.8. The van der Waals surface area contributed by atoms with Gasteiger partial charge in [0.25, 0.3) is 0 Å². The van der Waals surface area contributed by atoms with Crippen molar-refractivity contribution in [2.75, 3.05) is 0 Å². The number of halogens is 1. The fourth-order valence-electron chi connectivity index (χ4n) is 4.94. The van der Waals surface area contributed by atoms with Crippen LogP contribution in [0.25, 0.3) is 64.6 Å². The lowest BCUT2D eigenvalue weighted by Crippen LogP contribution is -1.93. The second-order valence-electron chi connectivity index (χ2n) is 7.10. The zero-order chi connectivity index (χ0) is 16.3. The van der Waals surface area contributed by atoms with Crippen LogP contribution >= 0.6 is 0 Å². The molecule has 0 bridgehead atoms. The molecular formula is C24H11F. The molecular weight excluding hydrogens is 307 g/mol. The monoisotopic (exact) mass is 318 g/mol. The van der Waals surface area contributed by atoms with E-state index in [1.54, 1.807) is 6.07 Å². The first kappa shape index (κ1) is 12.2. The van der Waals surface area contributed by atoms with Crippen molar-refractivity contribution in [3.63, 3.8) is 0 Å². The molecule has 0 atom stereocenters. The largest absolute Gasteiger partial charge is 0.206 e. The number of rotatable bonds is 0. The topological polar surface area (TPSA) is 0 Å². The third-order valence-electron chi connectivity index (χ3n) is 5.95. The maximum atomic E-state index is 14.8. The summed E-state index contributed by atoms with van der Waals surface area (Å²) in [5, 5.41) is 14.0. The van der Waals surface area contributed by atoms with Crippen molar-refractivity contribution in [3.8, 4) is 0 Å². The van der Waals surface area contributed by atoms with E-state index >= 15 is 0 Å². The van der Waals surface area contributed by atoms with Gasteiger partial charge in [-0.15, -0.1) is 0 Å². The molecule has 7 aromatic carbocycles. The predicted molar refractivity (Wildman–Crippen MR) is 105 cm³/mol. The highest BCUT2D eigenvalue weighted by molar-refractivity contribution is 6.44. The summed E-state index contributed by atoms with van der Waals surface area (Å²) in [5.74, 6) is -0.132. The smallest absolute Gasteiger partial charge is 0.131 e. The van der Waals surface area contributed by atoms with Crippen LogP contribution in [0.3, 0.4) is 0 Å². The fourth-order valence-corrected chi connectivity index (χ4v) is 4.94. The van der Waals surface area contributed by atoms with Gasteiger partial charge in [-0.2, -0.15) is 0 Å². The Labute approximate surface area is 142 Å². The summed E-state index contributed by atoms with van der Waals surface area (Å²) >= 11 is 0. The minimum Gasteiger partial charge on any atom is -0.206 e. The molecule has 7 rings (SSSR count). The molecule has 0 aliphatic rings. The second-order valence-corrected chi connectivity index (χ2v) is 7.10. The minimum atomic E-state index is -0.132. The molecule has 0 aromatic heterocycles. The second kappa shape index (κ2) is 3.73. The summed E-state index contributed by atoms with van der Waals surface area (Å²) in [4.78, 5) is 0. The van der Waals surface area contributed by atoms with Crippen LogP contribution in [0.1, 0.15) is 0 Å². The van der Waals surface area contributed by atoms with E-state index in [2.05, 4.69) is 54.6 Å². The highest BCUT2D eigenvalue weighted by Crippen LogP contribution is 2.48. The molecule has 0 saturated carbocycles. The van der Waals surface area contributed by atoms with Crippen LogP contribution in [0, 0.1) is 5.82 Å². The molecule has 0 saturated heterocycles. The molecule has 0 N–H and O–H groups in total. The van der Waals surface area contributed by atoms with E-state index in [1.807, 2.05) is 6.07 Å². The van der Waals surface area contributed by atoms with Crippen molar-refractivity contribution in [1.82, 2.24) is 0 Å². The third kappa shape index (κ3) is 1.22. The van der Waals surface area contributed by atoms with Gasteiger partial charge in [-0.05, 0) is 59.9 Å². The van der Waals surface area contributed by atoms with Crippen molar-refractivity contribution in [2.45, 2.75) is 0 Å². The fraction of sp³-hybridized carbons (Fsp3) is 0. The van der Waals surface area contributed by atoms with Gasteiger partial charge in [0.05, 0.1) is 0 Å². The lowest BCUT2D eigenvalue weighted by atomic mass is 9.83. The van der Waals surface area contributed by atoms with E-state index in [9.17, 15) is 4.39 Å². The molecule has 0 amide bonds. The summed E-state index contributed by atoms with van der Waals surface area (Å²) in [6, 6.07) is 23.0. The first-order valence-corrected chi connectivity index (χ1v) is 8.57. The zero-order valence-corrected chi connectivity index (χ0v) is 13.2. The Morgan fingerprint density at radius 2 is 0.760 bits per heavy atom. The Morgan fingerprint density at radius 3 is 1.28 bits per heavy atom. The molecule has 0 heterocycles. The van der Waals surface area contributed by atoms with Gasteiger partial charge in [0, 0.05) is 10.8 Å². The van der Waals surface area contributed by atoms with Gasteiger partial charge in [-0.3, -0.25) is 0 Å². The van der Waals surface area contributed by atoms with Crippen LogP contribution < -0.4 is 0 Å². The minimum absolute atomic E-state index is 0.132. The van der Waals surface area contributed by atoms with Crippen molar-refractivity contribution in [1.29, 1.82) is 0 Å². The molecule has 0 spiro atoms. The lowest BCUT2D eigenvalue weighted by molar-refractivity contribution is 0.641. The van der Waals surface area contributed by atoms with Gasteiger partial charge in [0.2, 0.25) is 0 Å². The Hall–Kier alpha value is -3.19. The van der Waals surface area contributed by atoms with Gasteiger partial charge in [0.15, 0.2) is 0 Å². The summed E-state index contributed by atoms with van der Waals surface area (Å²) in [7, 11) is 0. The highest BCUT2D eigenvalue weighted by atomic mass is 19.1. The molecule has 0 aliphatic heterocycles. The number of hydrogen-bond acceptors (Lipinski definition) is 0. The molecule has 1 heteroatoms. The standard InChI is InChI=1S/C24H11F/c25-18-11-16-8-7-14-4-2-12-1-3-13-5-6-15-9-10-17(18)24-22(15)20(13)19(12)21(14)23(16)24/h1-11H. The van der Waals surface area contributed by atoms with Gasteiger partial charge in [0.1, 0.15) is 5.82 Å². The van der Waals surface area contributed by atoms with Crippen LogP contribution in [0.2, 0.25) is 0 Å². The van der Waals surface area contributed by atoms with E-state index in [0.717, 1.165) is 16.2 Å². The predicted octanol–water partition coefficient (Wildman–Crippen LogP) is 7.06. The van der Waals surface area contributed by atoms with Gasteiger partial charge in [-0.25, -0.2) is 4.39 Å². The molecule has 25 heavy (non-hydrogen) atoms. The van der Waals surface area contributed by atoms with Crippen molar-refractivity contribution in [2.24, 2.45) is 0 Å². The maximum absolute atomic E-state index is 14.8. The Balaban J connectivity index is 2.10. The van der Waals surface area contributed by atoms with Gasteiger partial charge in [-0.1, -0.05) is 60.7 Å². The molecule has 0 fully saturated rings. The SMILES string of the molecule is Fc1cc2ccc3ccc4ccc5ccc6ccc1c1c6c5c4c3c21. The zero-order valence-electron chi connectivity index (χ0n) is 13.2. The highest BCUT2D eigenvalue weighted by Gasteiger charge is 2.20. The summed E-state index contributed by atoms with van der Waals surface area (Å²) in [5.41, 5.74) is 0. The number of benzene rings is 7. The maximum Gasteiger partial charge on any atom is 0.131 e.